The monoisotopic (exact) mass is 1480 g/mol. The molecular weight excluding hydrogens is 1360 g/mol. The summed E-state index contributed by atoms with van der Waals surface area (Å²) in [5, 5.41) is 216. The van der Waals surface area contributed by atoms with Crippen molar-refractivity contribution in [2.75, 3.05) is 6.61 Å². The van der Waals surface area contributed by atoms with Crippen molar-refractivity contribution in [3.63, 3.8) is 0 Å². The normalized spacial score (nSPS) is 25.6. The molecule has 2 heterocycles. The molecule has 2 aliphatic rings. The first-order valence-corrected chi connectivity index (χ1v) is 37.4. The van der Waals surface area contributed by atoms with Crippen LogP contribution in [0.4, 0.5) is 4.39 Å². The van der Waals surface area contributed by atoms with E-state index >= 15 is 0 Å². The Morgan fingerprint density at radius 1 is 0.563 bits per heavy atom. The first-order chi connectivity index (χ1) is 48.8. The van der Waals surface area contributed by atoms with E-state index in [0.29, 0.717) is 63.4 Å². The molecule has 1 aromatic carbocycles. The smallest absolute Gasteiger partial charge is 0.297 e. The van der Waals surface area contributed by atoms with Crippen LogP contribution in [-0.2, 0) is 23.8 Å². The number of benzene rings is 1. The predicted octanol–water partition coefficient (Wildman–Crippen LogP) is 3.08. The molecule has 0 spiro atoms. The Bertz CT molecular complexity index is 2870. The summed E-state index contributed by atoms with van der Waals surface area (Å²) >= 11 is 0. The topological polar surface area (TPSA) is 466 Å². The standard InChI is InChI=1S/C76H121FO25S/c1-5-6-7-8-9-10-11-12-13-14-15-16-17-20-33-60(85)70(93)75-73(96)65(90)46-67(102-75)74(97)69(92)49(3)35-41-59(84)66-45-64(89)72(95)76(101-66)71(94)62(87)42-48(2)34-38-55(81)44-63(88)68(91)50(4)43-61(86)58(83)32-21-18-19-25-52(78)26-22-27-53(79)28-23-29-54(80)30-24-31-56(82)47-100-103(98,99)57-39-36-51(77)37-40-57/h5-7,10-15,20,23-24,28,30,33,36-37,39-40,42,50,52-56,58-76,78-97H,1,3,8-9,16-19,21-22,25-27,29,31-32,34-35,38,41,43-47H2,2,4H3/b7-6+,11-10+,13-12+,15-14+,28-23+,30-24+,33-20+,48-42+/t50-,52+,53+,54+,55-,56-,58-,59+,60+,61-,62+,63-,64+,65+,66+,67+,68+,69+,70-,71-,72+,73+,74-,75-,76-/m0/s1/i77+0. The summed E-state index contributed by atoms with van der Waals surface area (Å²) in [6.45, 7) is 10.1. The van der Waals surface area contributed by atoms with Gasteiger partial charge >= 0.3 is 0 Å². The van der Waals surface area contributed by atoms with Gasteiger partial charge in [-0.05, 0) is 145 Å². The van der Waals surface area contributed by atoms with Crippen molar-refractivity contribution in [2.24, 2.45) is 5.92 Å². The highest BCUT2D eigenvalue weighted by Crippen LogP contribution is 2.32. The average Bonchev–Trinajstić information content (AvgIpc) is 0.822. The molecule has 0 unspecified atom stereocenters. The van der Waals surface area contributed by atoms with E-state index < -0.39 is 175 Å². The molecule has 25 nitrogen and oxygen atoms in total. The van der Waals surface area contributed by atoms with Crippen LogP contribution in [0.3, 0.4) is 0 Å². The van der Waals surface area contributed by atoms with Gasteiger partial charge in [-0.2, -0.15) is 8.42 Å². The summed E-state index contributed by atoms with van der Waals surface area (Å²) in [6.07, 6.45) is -0.465. The lowest BCUT2D eigenvalue weighted by molar-refractivity contribution is -0.234. The Balaban J connectivity index is 1.32. The fraction of sp³-hybridized carbons (Fsp3) is 0.658. The maximum absolute atomic E-state index is 13.1. The first kappa shape index (κ1) is 92.8. The van der Waals surface area contributed by atoms with Crippen LogP contribution in [0, 0.1) is 11.7 Å². The molecule has 27 heteroatoms. The maximum atomic E-state index is 13.1. The van der Waals surface area contributed by atoms with Gasteiger partial charge in [0.05, 0.1) is 97.0 Å². The Kier molecular flexibility index (Phi) is 45.3. The van der Waals surface area contributed by atoms with E-state index in [1.807, 2.05) is 48.6 Å². The predicted molar refractivity (Wildman–Crippen MR) is 385 cm³/mol. The minimum Gasteiger partial charge on any atom is -0.393 e. The van der Waals surface area contributed by atoms with Crippen LogP contribution in [0.2, 0.25) is 0 Å². The van der Waals surface area contributed by atoms with Gasteiger partial charge in [0.25, 0.3) is 10.1 Å². The number of aliphatic hydroxyl groups excluding tert-OH is 20. The quantitative estimate of drug-likeness (QED) is 0.0193. The van der Waals surface area contributed by atoms with Crippen molar-refractivity contribution in [1.82, 2.24) is 0 Å². The molecule has 0 bridgehead atoms. The van der Waals surface area contributed by atoms with Crippen LogP contribution in [-0.4, -0.2) is 264 Å². The van der Waals surface area contributed by atoms with Crippen molar-refractivity contribution >= 4 is 10.1 Å². The molecular formula is C76H121FO25S. The lowest BCUT2D eigenvalue weighted by atomic mass is 9.87. The second-order valence-electron chi connectivity index (χ2n) is 27.4. The van der Waals surface area contributed by atoms with Crippen LogP contribution in [0.1, 0.15) is 155 Å². The zero-order valence-electron chi connectivity index (χ0n) is 59.4. The summed E-state index contributed by atoms with van der Waals surface area (Å²) in [5.74, 6) is -1.31. The van der Waals surface area contributed by atoms with Crippen LogP contribution < -0.4 is 0 Å². The van der Waals surface area contributed by atoms with Gasteiger partial charge in [-0.3, -0.25) is 4.18 Å². The summed E-state index contributed by atoms with van der Waals surface area (Å²) in [4.78, 5) is -0.257. The molecule has 2 aliphatic heterocycles. The summed E-state index contributed by atoms with van der Waals surface area (Å²) in [5.41, 5.74) is 0.460. The largest absolute Gasteiger partial charge is 0.393 e. The lowest BCUT2D eigenvalue weighted by Crippen LogP contribution is -2.59. The van der Waals surface area contributed by atoms with E-state index in [2.05, 4.69) is 13.2 Å². The molecule has 3 rings (SSSR count). The van der Waals surface area contributed by atoms with Gasteiger partial charge < -0.3 is 112 Å². The van der Waals surface area contributed by atoms with E-state index in [9.17, 15) is 115 Å². The number of allylic oxidation sites excluding steroid dienone is 11. The van der Waals surface area contributed by atoms with E-state index in [1.165, 1.54) is 30.4 Å². The highest BCUT2D eigenvalue weighted by Gasteiger charge is 2.47. The molecule has 0 amide bonds. The minimum absolute atomic E-state index is 0.00276. The molecule has 0 aromatic heterocycles. The van der Waals surface area contributed by atoms with E-state index in [4.69, 9.17) is 13.7 Å². The van der Waals surface area contributed by atoms with Gasteiger partial charge in [0.2, 0.25) is 0 Å². The van der Waals surface area contributed by atoms with Gasteiger partial charge in [-0.15, -0.1) is 0 Å². The van der Waals surface area contributed by atoms with E-state index in [-0.39, 0.29) is 81.1 Å². The molecule has 0 radical (unpaired) electrons. The highest BCUT2D eigenvalue weighted by molar-refractivity contribution is 7.86. The Morgan fingerprint density at radius 2 is 1.12 bits per heavy atom. The van der Waals surface area contributed by atoms with Crippen LogP contribution in [0.25, 0.3) is 0 Å². The zero-order valence-corrected chi connectivity index (χ0v) is 60.2. The number of aliphatic hydroxyl groups is 20. The number of hydrogen-bond donors (Lipinski definition) is 20. The lowest BCUT2D eigenvalue weighted by Gasteiger charge is -2.42. The third-order valence-electron chi connectivity index (χ3n) is 18.4. The van der Waals surface area contributed by atoms with E-state index in [1.54, 1.807) is 32.1 Å². The van der Waals surface area contributed by atoms with Gasteiger partial charge in [-0.25, -0.2) is 4.39 Å². The van der Waals surface area contributed by atoms with E-state index in [0.717, 1.165) is 37.1 Å². The molecule has 2 saturated heterocycles. The number of unbranched alkanes of at least 4 members (excludes halogenated alkanes) is 4. The highest BCUT2D eigenvalue weighted by atomic mass is 32.2. The summed E-state index contributed by atoms with van der Waals surface area (Å²) < 4.78 is 54.0. The summed E-state index contributed by atoms with van der Waals surface area (Å²) in [7, 11) is -4.19. The Hall–Kier alpha value is -4.42. The van der Waals surface area contributed by atoms with Crippen molar-refractivity contribution in [1.29, 1.82) is 0 Å². The number of halogens is 1. The molecule has 20 N–H and O–H groups in total. The Morgan fingerprint density at radius 3 is 1.75 bits per heavy atom. The molecule has 25 atom stereocenters. The zero-order chi connectivity index (χ0) is 76.8. The third kappa shape index (κ3) is 35.9. The Labute approximate surface area is 606 Å². The van der Waals surface area contributed by atoms with Gasteiger partial charge in [-0.1, -0.05) is 142 Å². The van der Waals surface area contributed by atoms with Crippen LogP contribution >= 0.6 is 0 Å². The number of rotatable bonds is 52. The number of hydrogen-bond acceptors (Lipinski definition) is 25. The minimum atomic E-state index is -4.19. The molecule has 103 heavy (non-hydrogen) atoms. The second-order valence-corrected chi connectivity index (χ2v) is 29.0. The van der Waals surface area contributed by atoms with Crippen LogP contribution in [0.5, 0.6) is 0 Å². The fourth-order valence-corrected chi connectivity index (χ4v) is 12.9. The SMILES string of the molecule is C=C/C=C/CC/C=C/C=C/C=C/CC/C=C/[C@@H](O)[C@H](O)[C@@H]1O[C@@H]([C@H](O)[C@H](O)C(=C)CC[C@@H](O)[C@H]2C[C@@H](O)[C@@H](O)[C@H]([C@@H](O)[C@H](O)/C=C(\C)CC[C@H](O)C[C@H](O)[C@H](O)[C@@H](C)C[C@H](O)[C@@H](O)CCCCC[C@@H](O)CCC[C@@H](O)/C=C/C[C@@H](O)/C=C/C[C@H](O)COS(=O)(=O)c3ccc([19F])cc3)O2)C[C@@H](O)[C@H]1O. The van der Waals surface area contributed by atoms with Crippen molar-refractivity contribution in [3.8, 4) is 0 Å². The average molecular weight is 1490 g/mol. The third-order valence-corrected chi connectivity index (χ3v) is 19.7. The second kappa shape index (κ2) is 50.3. The molecule has 0 aliphatic carbocycles. The molecule has 1 aromatic rings. The van der Waals surface area contributed by atoms with Crippen LogP contribution in [0.15, 0.2) is 151 Å². The number of ether oxygens (including phenoxy) is 2. The van der Waals surface area contributed by atoms with Crippen molar-refractivity contribution in [3.05, 3.63) is 152 Å². The van der Waals surface area contributed by atoms with Crippen molar-refractivity contribution < 1.29 is 129 Å². The molecule has 2 fully saturated rings. The fourth-order valence-electron chi connectivity index (χ4n) is 11.9. The molecule has 588 valence electrons. The summed E-state index contributed by atoms with van der Waals surface area (Å²) in [6, 6.07) is 4.03. The first-order valence-electron chi connectivity index (χ1n) is 36.0. The van der Waals surface area contributed by atoms with Gasteiger partial charge in [0, 0.05) is 19.3 Å². The van der Waals surface area contributed by atoms with Crippen molar-refractivity contribution in [2.45, 2.75) is 306 Å². The van der Waals surface area contributed by atoms with Gasteiger partial charge in [0.1, 0.15) is 66.9 Å². The maximum Gasteiger partial charge on any atom is 0.297 e. The molecule has 0 saturated carbocycles. The van der Waals surface area contributed by atoms with Gasteiger partial charge in [0.15, 0.2) is 0 Å².